The first-order chi connectivity index (χ1) is 6.98. The molecule has 0 fully saturated rings. The van der Waals surface area contributed by atoms with Gasteiger partial charge in [0.15, 0.2) is 5.82 Å². The maximum atomic E-state index is 6.00. The molecule has 0 amide bonds. The second kappa shape index (κ2) is 3.43. The number of nitrogens with zero attached hydrogens (tertiary/aromatic N) is 3. The molecule has 5 heteroatoms. The van der Waals surface area contributed by atoms with E-state index in [2.05, 4.69) is 10.1 Å². The number of nitrogens with two attached hydrogens (primary N) is 1. The molecule has 2 aromatic rings. The largest absolute Gasteiger partial charge is 0.319 e. The molecule has 0 aromatic carbocycles. The Balaban J connectivity index is 2.47. The minimum atomic E-state index is -0.461. The second-order valence-electron chi connectivity index (χ2n) is 4.08. The van der Waals surface area contributed by atoms with Crippen LogP contribution in [0.4, 0.5) is 0 Å². The van der Waals surface area contributed by atoms with Crippen LogP contribution in [0, 0.1) is 0 Å². The lowest BCUT2D eigenvalue weighted by Gasteiger charge is -2.16. The van der Waals surface area contributed by atoms with Gasteiger partial charge >= 0.3 is 0 Å². The first-order valence-electron chi connectivity index (χ1n) is 4.73. The van der Waals surface area contributed by atoms with Crippen LogP contribution in [0.3, 0.4) is 0 Å². The van der Waals surface area contributed by atoms with E-state index in [-0.39, 0.29) is 0 Å². The first kappa shape index (κ1) is 10.3. The highest BCUT2D eigenvalue weighted by Crippen LogP contribution is 2.23. The van der Waals surface area contributed by atoms with Crippen molar-refractivity contribution in [3.05, 3.63) is 23.3 Å². The number of thiophene rings is 1. The molecule has 2 N–H and O–H groups in total. The minimum Gasteiger partial charge on any atom is -0.319 e. The summed E-state index contributed by atoms with van der Waals surface area (Å²) in [4.78, 5) is 5.53. The third-order valence-electron chi connectivity index (χ3n) is 2.08. The van der Waals surface area contributed by atoms with E-state index >= 15 is 0 Å². The van der Waals surface area contributed by atoms with E-state index in [9.17, 15) is 0 Å². The molecule has 0 saturated heterocycles. The Morgan fingerprint density at radius 2 is 2.20 bits per heavy atom. The SMILES string of the molecule is Cn1nc(-c2cccs2)nc1C(C)(C)N. The van der Waals surface area contributed by atoms with Gasteiger partial charge in [0.25, 0.3) is 0 Å². The smallest absolute Gasteiger partial charge is 0.191 e. The van der Waals surface area contributed by atoms with Gasteiger partial charge in [0.2, 0.25) is 0 Å². The molecule has 2 aromatic heterocycles. The fourth-order valence-corrected chi connectivity index (χ4v) is 2.11. The van der Waals surface area contributed by atoms with Crippen molar-refractivity contribution in [2.75, 3.05) is 0 Å². The van der Waals surface area contributed by atoms with Crippen LogP contribution in [-0.2, 0) is 12.6 Å². The van der Waals surface area contributed by atoms with Gasteiger partial charge in [-0.05, 0) is 25.3 Å². The standard InChI is InChI=1S/C10H14N4S/c1-10(2,11)9-12-8(13-14(9)3)7-5-4-6-15-7/h4-6H,11H2,1-3H3. The minimum absolute atomic E-state index is 0.461. The summed E-state index contributed by atoms with van der Waals surface area (Å²) in [5, 5.41) is 6.37. The van der Waals surface area contributed by atoms with E-state index in [1.807, 2.05) is 38.4 Å². The van der Waals surface area contributed by atoms with Gasteiger partial charge in [0.1, 0.15) is 5.82 Å². The van der Waals surface area contributed by atoms with Crippen LogP contribution in [0.2, 0.25) is 0 Å². The maximum absolute atomic E-state index is 6.00. The van der Waals surface area contributed by atoms with Gasteiger partial charge in [-0.15, -0.1) is 11.3 Å². The fourth-order valence-electron chi connectivity index (χ4n) is 1.46. The molecule has 0 atom stereocenters. The van der Waals surface area contributed by atoms with Gasteiger partial charge in [0.05, 0.1) is 10.4 Å². The molecule has 0 aliphatic carbocycles. The Kier molecular flexibility index (Phi) is 2.36. The van der Waals surface area contributed by atoms with Crippen molar-refractivity contribution in [1.82, 2.24) is 14.8 Å². The summed E-state index contributed by atoms with van der Waals surface area (Å²) in [7, 11) is 1.87. The molecule has 80 valence electrons. The van der Waals surface area contributed by atoms with Crippen molar-refractivity contribution in [2.45, 2.75) is 19.4 Å². The van der Waals surface area contributed by atoms with Crippen LogP contribution < -0.4 is 5.73 Å². The monoisotopic (exact) mass is 222 g/mol. The molecule has 0 aliphatic heterocycles. The normalized spacial score (nSPS) is 12.0. The predicted octanol–water partition coefficient (Wildman–Crippen LogP) is 1.74. The number of aromatic nitrogens is 3. The van der Waals surface area contributed by atoms with Crippen molar-refractivity contribution in [2.24, 2.45) is 12.8 Å². The molecular formula is C10H14N4S. The van der Waals surface area contributed by atoms with E-state index in [0.29, 0.717) is 0 Å². The summed E-state index contributed by atoms with van der Waals surface area (Å²) in [6.45, 7) is 3.85. The number of aryl methyl sites for hydroxylation is 1. The van der Waals surface area contributed by atoms with Crippen LogP contribution >= 0.6 is 11.3 Å². The molecule has 0 aliphatic rings. The van der Waals surface area contributed by atoms with E-state index in [0.717, 1.165) is 16.5 Å². The predicted molar refractivity (Wildman–Crippen MR) is 61.5 cm³/mol. The van der Waals surface area contributed by atoms with Crippen LogP contribution in [0.1, 0.15) is 19.7 Å². The van der Waals surface area contributed by atoms with E-state index < -0.39 is 5.54 Å². The van der Waals surface area contributed by atoms with Crippen LogP contribution in [0.5, 0.6) is 0 Å². The Hall–Kier alpha value is -1.20. The molecule has 0 radical (unpaired) electrons. The Labute approximate surface area is 92.8 Å². The number of hydrogen-bond acceptors (Lipinski definition) is 4. The lowest BCUT2D eigenvalue weighted by molar-refractivity contribution is 0.481. The summed E-state index contributed by atoms with van der Waals surface area (Å²) in [5.41, 5.74) is 5.54. The zero-order valence-corrected chi connectivity index (χ0v) is 9.88. The van der Waals surface area contributed by atoms with Gasteiger partial charge in [-0.3, -0.25) is 4.68 Å². The number of hydrogen-bond donors (Lipinski definition) is 1. The first-order valence-corrected chi connectivity index (χ1v) is 5.61. The van der Waals surface area contributed by atoms with Crippen molar-refractivity contribution >= 4 is 11.3 Å². The molecule has 4 nitrogen and oxygen atoms in total. The molecular weight excluding hydrogens is 208 g/mol. The van der Waals surface area contributed by atoms with Gasteiger partial charge in [-0.25, -0.2) is 4.98 Å². The maximum Gasteiger partial charge on any atom is 0.191 e. The van der Waals surface area contributed by atoms with Crippen molar-refractivity contribution < 1.29 is 0 Å². The van der Waals surface area contributed by atoms with Crippen LogP contribution in [0.25, 0.3) is 10.7 Å². The van der Waals surface area contributed by atoms with Crippen molar-refractivity contribution in [3.8, 4) is 10.7 Å². The third-order valence-corrected chi connectivity index (χ3v) is 2.95. The van der Waals surface area contributed by atoms with E-state index in [4.69, 9.17) is 5.73 Å². The molecule has 0 saturated carbocycles. The molecule has 0 spiro atoms. The topological polar surface area (TPSA) is 56.7 Å². The summed E-state index contributed by atoms with van der Waals surface area (Å²) in [6.07, 6.45) is 0. The van der Waals surface area contributed by atoms with Crippen molar-refractivity contribution in [3.63, 3.8) is 0 Å². The van der Waals surface area contributed by atoms with Crippen LogP contribution in [0.15, 0.2) is 17.5 Å². The fraction of sp³-hybridized carbons (Fsp3) is 0.400. The Morgan fingerprint density at radius 3 is 2.67 bits per heavy atom. The van der Waals surface area contributed by atoms with Crippen LogP contribution in [-0.4, -0.2) is 14.8 Å². The summed E-state index contributed by atoms with van der Waals surface area (Å²) < 4.78 is 1.75. The zero-order chi connectivity index (χ0) is 11.1. The van der Waals surface area contributed by atoms with E-state index in [1.165, 1.54) is 0 Å². The highest BCUT2D eigenvalue weighted by Gasteiger charge is 2.22. The van der Waals surface area contributed by atoms with Gasteiger partial charge in [0, 0.05) is 7.05 Å². The highest BCUT2D eigenvalue weighted by atomic mass is 32.1. The van der Waals surface area contributed by atoms with Gasteiger partial charge in [-0.2, -0.15) is 5.10 Å². The lowest BCUT2D eigenvalue weighted by Crippen LogP contribution is -2.32. The average Bonchev–Trinajstić information content (AvgIpc) is 2.68. The molecule has 2 heterocycles. The Bertz CT molecular complexity index is 450. The third kappa shape index (κ3) is 1.93. The summed E-state index contributed by atoms with van der Waals surface area (Å²) in [5.74, 6) is 1.55. The van der Waals surface area contributed by atoms with Gasteiger partial charge < -0.3 is 5.73 Å². The van der Waals surface area contributed by atoms with E-state index in [1.54, 1.807) is 16.0 Å². The average molecular weight is 222 g/mol. The molecule has 0 unspecified atom stereocenters. The second-order valence-corrected chi connectivity index (χ2v) is 5.03. The summed E-state index contributed by atoms with van der Waals surface area (Å²) >= 11 is 1.63. The lowest BCUT2D eigenvalue weighted by atomic mass is 10.1. The highest BCUT2D eigenvalue weighted by molar-refractivity contribution is 7.13. The molecule has 2 rings (SSSR count). The Morgan fingerprint density at radius 1 is 1.47 bits per heavy atom. The van der Waals surface area contributed by atoms with Crippen molar-refractivity contribution in [1.29, 1.82) is 0 Å². The zero-order valence-electron chi connectivity index (χ0n) is 9.06. The number of rotatable bonds is 2. The summed E-state index contributed by atoms with van der Waals surface area (Å²) in [6, 6.07) is 4.00. The molecule has 15 heavy (non-hydrogen) atoms. The van der Waals surface area contributed by atoms with Gasteiger partial charge in [-0.1, -0.05) is 6.07 Å². The quantitative estimate of drug-likeness (QED) is 0.842. The molecule has 0 bridgehead atoms.